The molecule has 0 radical (unpaired) electrons. The maximum atomic E-state index is 12.4. The Bertz CT molecular complexity index is 894. The molecule has 0 unspecified atom stereocenters. The molecule has 0 aliphatic carbocycles. The fraction of sp³-hybridized carbons (Fsp3) is 0.133. The first kappa shape index (κ1) is 16.6. The Morgan fingerprint density at radius 3 is 2.68 bits per heavy atom. The topological polar surface area (TPSA) is 80.6 Å². The molecular weight excluding hydrogens is 339 g/mol. The van der Waals surface area contributed by atoms with Crippen LogP contribution in [0.25, 0.3) is 5.65 Å². The first-order chi connectivity index (χ1) is 11.9. The van der Waals surface area contributed by atoms with E-state index in [9.17, 15) is 18.0 Å². The van der Waals surface area contributed by atoms with E-state index >= 15 is 0 Å². The van der Waals surface area contributed by atoms with Crippen LogP contribution in [-0.2, 0) is 6.54 Å². The van der Waals surface area contributed by atoms with Gasteiger partial charge < -0.3 is 15.4 Å². The van der Waals surface area contributed by atoms with E-state index in [1.54, 1.807) is 28.8 Å². The number of nitrogens with zero attached hydrogens (tertiary/aromatic N) is 3. The fourth-order valence-electron chi connectivity index (χ4n) is 2.12. The summed E-state index contributed by atoms with van der Waals surface area (Å²) in [5, 5.41) is 12.7. The summed E-state index contributed by atoms with van der Waals surface area (Å²) < 4.78 is 42.7. The second-order valence-corrected chi connectivity index (χ2v) is 4.90. The molecule has 2 aromatic heterocycles. The maximum absolute atomic E-state index is 12.4. The van der Waals surface area contributed by atoms with Crippen LogP contribution in [0.4, 0.5) is 23.7 Å². The van der Waals surface area contributed by atoms with Gasteiger partial charge in [0.05, 0.1) is 12.2 Å². The number of pyridine rings is 1. The first-order valence-corrected chi connectivity index (χ1v) is 7.11. The van der Waals surface area contributed by atoms with Gasteiger partial charge in [0.2, 0.25) is 0 Å². The van der Waals surface area contributed by atoms with E-state index < -0.39 is 18.1 Å². The van der Waals surface area contributed by atoms with Crippen LogP contribution in [-0.4, -0.2) is 27.0 Å². The highest BCUT2D eigenvalue weighted by Gasteiger charge is 2.32. The number of alkyl halides is 3. The number of ether oxygens (including phenoxy) is 1. The molecule has 0 aliphatic heterocycles. The Kier molecular flexibility index (Phi) is 4.42. The zero-order chi connectivity index (χ0) is 17.9. The molecule has 130 valence electrons. The van der Waals surface area contributed by atoms with Gasteiger partial charge >= 0.3 is 12.4 Å². The van der Waals surface area contributed by atoms with Crippen LogP contribution in [0.5, 0.6) is 5.75 Å². The Balaban J connectivity index is 1.65. The number of amides is 2. The monoisotopic (exact) mass is 351 g/mol. The second kappa shape index (κ2) is 6.67. The third kappa shape index (κ3) is 4.16. The smallest absolute Gasteiger partial charge is 0.404 e. The lowest BCUT2D eigenvalue weighted by molar-refractivity contribution is -0.274. The number of nitrogens with one attached hydrogen (secondary N) is 2. The normalized spacial score (nSPS) is 11.3. The molecular formula is C15H12F3N5O2. The molecule has 25 heavy (non-hydrogen) atoms. The van der Waals surface area contributed by atoms with Crippen molar-refractivity contribution in [1.29, 1.82) is 0 Å². The molecule has 7 nitrogen and oxygen atoms in total. The van der Waals surface area contributed by atoms with E-state index in [-0.39, 0.29) is 12.2 Å². The molecule has 2 N–H and O–H groups in total. The van der Waals surface area contributed by atoms with Gasteiger partial charge in [-0.3, -0.25) is 4.40 Å². The number of carbonyl (C=O) groups excluding carboxylic acids is 1. The van der Waals surface area contributed by atoms with Crippen molar-refractivity contribution in [3.05, 3.63) is 54.5 Å². The molecule has 10 heteroatoms. The lowest BCUT2D eigenvalue weighted by atomic mass is 10.3. The standard InChI is InChI=1S/C15H12F3N5O2/c16-15(17,18)25-11-6-2-1-5-10(11)20-14(24)19-9-13-22-21-12-7-3-4-8-23(12)13/h1-8H,9H2,(H2,19,20,24). The number of aromatic nitrogens is 3. The molecule has 1 aromatic carbocycles. The van der Waals surface area contributed by atoms with Crippen molar-refractivity contribution in [2.45, 2.75) is 12.9 Å². The zero-order valence-electron chi connectivity index (χ0n) is 12.6. The van der Waals surface area contributed by atoms with Gasteiger partial charge in [-0.15, -0.1) is 23.4 Å². The van der Waals surface area contributed by atoms with Gasteiger partial charge in [-0.2, -0.15) is 0 Å². The predicted molar refractivity (Wildman–Crippen MR) is 82.0 cm³/mol. The molecule has 0 saturated heterocycles. The molecule has 0 fully saturated rings. The number of anilines is 1. The molecule has 2 heterocycles. The van der Waals surface area contributed by atoms with E-state index in [2.05, 4.69) is 25.6 Å². The van der Waals surface area contributed by atoms with Crippen LogP contribution in [0.1, 0.15) is 5.82 Å². The molecule has 0 saturated carbocycles. The van der Waals surface area contributed by atoms with Gasteiger partial charge in [0, 0.05) is 6.20 Å². The molecule has 0 spiro atoms. The Labute approximate surface area is 139 Å². The van der Waals surface area contributed by atoms with Gasteiger partial charge in [-0.05, 0) is 24.3 Å². The highest BCUT2D eigenvalue weighted by Crippen LogP contribution is 2.29. The second-order valence-electron chi connectivity index (χ2n) is 4.90. The highest BCUT2D eigenvalue weighted by atomic mass is 19.4. The highest BCUT2D eigenvalue weighted by molar-refractivity contribution is 5.90. The average Bonchev–Trinajstić information content (AvgIpc) is 2.97. The molecule has 0 aliphatic rings. The van der Waals surface area contributed by atoms with Gasteiger partial charge in [0.25, 0.3) is 0 Å². The van der Waals surface area contributed by atoms with E-state index in [1.165, 1.54) is 18.2 Å². The lowest BCUT2D eigenvalue weighted by Gasteiger charge is -2.14. The van der Waals surface area contributed by atoms with E-state index in [0.717, 1.165) is 6.07 Å². The number of fused-ring (bicyclic) bond motifs is 1. The number of hydrogen-bond donors (Lipinski definition) is 2. The molecule has 0 bridgehead atoms. The van der Waals surface area contributed by atoms with Crippen LogP contribution in [0.3, 0.4) is 0 Å². The minimum absolute atomic E-state index is 0.0410. The SMILES string of the molecule is O=C(NCc1nnc2ccccn12)Nc1ccccc1OC(F)(F)F. The van der Waals surface area contributed by atoms with E-state index in [1.807, 2.05) is 0 Å². The van der Waals surface area contributed by atoms with Crippen LogP contribution in [0.15, 0.2) is 48.7 Å². The number of para-hydroxylation sites is 2. The lowest BCUT2D eigenvalue weighted by Crippen LogP contribution is -2.29. The average molecular weight is 351 g/mol. The van der Waals surface area contributed by atoms with Crippen molar-refractivity contribution in [2.75, 3.05) is 5.32 Å². The van der Waals surface area contributed by atoms with Gasteiger partial charge in [-0.1, -0.05) is 18.2 Å². The summed E-state index contributed by atoms with van der Waals surface area (Å²) in [6.45, 7) is 0.0410. The van der Waals surface area contributed by atoms with Gasteiger partial charge in [-0.25, -0.2) is 4.79 Å². The van der Waals surface area contributed by atoms with E-state index in [0.29, 0.717) is 11.5 Å². The van der Waals surface area contributed by atoms with Gasteiger partial charge in [0.1, 0.15) is 0 Å². The summed E-state index contributed by atoms with van der Waals surface area (Å²) in [6.07, 6.45) is -3.12. The summed E-state index contributed by atoms with van der Waals surface area (Å²) in [4.78, 5) is 11.9. The van der Waals surface area contributed by atoms with E-state index in [4.69, 9.17) is 0 Å². The number of hydrogen-bond acceptors (Lipinski definition) is 4. The summed E-state index contributed by atoms with van der Waals surface area (Å²) >= 11 is 0. The first-order valence-electron chi connectivity index (χ1n) is 7.11. The number of halogens is 3. The minimum atomic E-state index is -4.85. The zero-order valence-corrected chi connectivity index (χ0v) is 12.6. The van der Waals surface area contributed by atoms with Crippen molar-refractivity contribution >= 4 is 17.4 Å². The largest absolute Gasteiger partial charge is 0.573 e. The van der Waals surface area contributed by atoms with Crippen LogP contribution in [0, 0.1) is 0 Å². The Morgan fingerprint density at radius 1 is 1.12 bits per heavy atom. The summed E-state index contributed by atoms with van der Waals surface area (Å²) in [5.41, 5.74) is 0.507. The summed E-state index contributed by atoms with van der Waals surface area (Å²) in [6, 6.07) is 9.88. The number of urea groups is 1. The number of carbonyl (C=O) groups is 1. The van der Waals surface area contributed by atoms with Crippen molar-refractivity contribution in [3.63, 3.8) is 0 Å². The predicted octanol–water partition coefficient (Wildman–Crippen LogP) is 2.95. The Hall–Kier alpha value is -3.30. The quantitative estimate of drug-likeness (QED) is 0.757. The van der Waals surface area contributed by atoms with Crippen molar-refractivity contribution in [1.82, 2.24) is 19.9 Å². The van der Waals surface area contributed by atoms with Crippen LogP contribution in [0.2, 0.25) is 0 Å². The molecule has 0 atom stereocenters. The molecule has 3 aromatic rings. The fourth-order valence-corrected chi connectivity index (χ4v) is 2.12. The van der Waals surface area contributed by atoms with Crippen molar-refractivity contribution in [2.24, 2.45) is 0 Å². The third-order valence-electron chi connectivity index (χ3n) is 3.15. The van der Waals surface area contributed by atoms with Gasteiger partial charge in [0.15, 0.2) is 17.2 Å². The van der Waals surface area contributed by atoms with Crippen molar-refractivity contribution in [3.8, 4) is 5.75 Å². The van der Waals surface area contributed by atoms with Crippen molar-refractivity contribution < 1.29 is 22.7 Å². The number of rotatable bonds is 4. The minimum Gasteiger partial charge on any atom is -0.404 e. The summed E-state index contributed by atoms with van der Waals surface area (Å²) in [5.74, 6) is -0.0244. The van der Waals surface area contributed by atoms with Crippen LogP contribution >= 0.6 is 0 Å². The van der Waals surface area contributed by atoms with Crippen LogP contribution < -0.4 is 15.4 Å². The summed E-state index contributed by atoms with van der Waals surface area (Å²) in [7, 11) is 0. The molecule has 2 amide bonds. The maximum Gasteiger partial charge on any atom is 0.573 e. The molecule has 3 rings (SSSR count). The third-order valence-corrected chi connectivity index (χ3v) is 3.15. The number of benzene rings is 1. The Morgan fingerprint density at radius 2 is 1.88 bits per heavy atom.